The monoisotopic (exact) mass is 445 g/mol. The molecule has 0 aromatic carbocycles. The lowest BCUT2D eigenvalue weighted by atomic mass is 9.91. The van der Waals surface area contributed by atoms with Crippen molar-refractivity contribution >= 4 is 0 Å². The summed E-state index contributed by atoms with van der Waals surface area (Å²) >= 11 is 0. The van der Waals surface area contributed by atoms with Gasteiger partial charge in [0.1, 0.15) is 11.6 Å². The summed E-state index contributed by atoms with van der Waals surface area (Å²) in [5, 5.41) is 9.16. The molecule has 174 valence electrons. The molecule has 4 heterocycles. The first-order valence-electron chi connectivity index (χ1n) is 12.3. The highest BCUT2D eigenvalue weighted by Gasteiger charge is 2.27. The van der Waals surface area contributed by atoms with Gasteiger partial charge < -0.3 is 4.57 Å². The van der Waals surface area contributed by atoms with E-state index in [0.717, 1.165) is 62.8 Å². The highest BCUT2D eigenvalue weighted by molar-refractivity contribution is 5.25. The number of hydrogen-bond donors (Lipinski definition) is 0. The normalized spacial score (nSPS) is 19.7. The third-order valence-corrected chi connectivity index (χ3v) is 7.43. The van der Waals surface area contributed by atoms with Crippen molar-refractivity contribution in [1.82, 2.24) is 34.5 Å². The van der Waals surface area contributed by atoms with Gasteiger partial charge in [-0.1, -0.05) is 12.1 Å². The molecule has 33 heavy (non-hydrogen) atoms. The van der Waals surface area contributed by atoms with Crippen molar-refractivity contribution in [3.05, 3.63) is 71.3 Å². The fourth-order valence-electron chi connectivity index (χ4n) is 5.39. The van der Waals surface area contributed by atoms with Crippen LogP contribution < -0.4 is 0 Å². The SMILES string of the molecule is CN(Cc1nnc(CC2CCN(Cc3ccccn3)CC2)n1C)C1CCCc2cccnc21. The minimum absolute atomic E-state index is 0.360. The molecule has 0 amide bonds. The molecule has 1 aliphatic heterocycles. The lowest BCUT2D eigenvalue weighted by Gasteiger charge is -2.32. The van der Waals surface area contributed by atoms with E-state index in [2.05, 4.69) is 67.9 Å². The van der Waals surface area contributed by atoms with Crippen LogP contribution in [0.2, 0.25) is 0 Å². The Labute approximate surface area is 196 Å². The van der Waals surface area contributed by atoms with Crippen molar-refractivity contribution in [2.24, 2.45) is 13.0 Å². The van der Waals surface area contributed by atoms with Gasteiger partial charge in [0.15, 0.2) is 0 Å². The summed E-state index contributed by atoms with van der Waals surface area (Å²) in [6.07, 6.45) is 10.8. The smallest absolute Gasteiger partial charge is 0.146 e. The molecule has 1 aliphatic carbocycles. The highest BCUT2D eigenvalue weighted by Crippen LogP contribution is 2.32. The van der Waals surface area contributed by atoms with Gasteiger partial charge in [0.05, 0.1) is 24.0 Å². The summed E-state index contributed by atoms with van der Waals surface area (Å²) in [6, 6.07) is 10.8. The molecule has 3 aromatic rings. The Hall–Kier alpha value is -2.64. The molecular formula is C26H35N7. The quantitative estimate of drug-likeness (QED) is 0.554. The van der Waals surface area contributed by atoms with Gasteiger partial charge >= 0.3 is 0 Å². The van der Waals surface area contributed by atoms with Crippen LogP contribution in [-0.2, 0) is 33.0 Å². The molecule has 7 heteroatoms. The molecule has 1 atom stereocenters. The molecule has 0 N–H and O–H groups in total. The molecule has 3 aromatic heterocycles. The second-order valence-corrected chi connectivity index (χ2v) is 9.71. The third-order valence-electron chi connectivity index (χ3n) is 7.43. The zero-order valence-electron chi connectivity index (χ0n) is 19.9. The van der Waals surface area contributed by atoms with Crippen molar-refractivity contribution < 1.29 is 0 Å². The van der Waals surface area contributed by atoms with Crippen molar-refractivity contribution in [2.45, 2.75) is 57.7 Å². The Balaban J connectivity index is 1.16. The lowest BCUT2D eigenvalue weighted by molar-refractivity contribution is 0.173. The van der Waals surface area contributed by atoms with Gasteiger partial charge in [-0.15, -0.1) is 10.2 Å². The highest BCUT2D eigenvalue weighted by atomic mass is 15.3. The van der Waals surface area contributed by atoms with E-state index in [9.17, 15) is 0 Å². The molecule has 1 saturated heterocycles. The van der Waals surface area contributed by atoms with E-state index in [1.165, 1.54) is 30.5 Å². The Morgan fingerprint density at radius 3 is 2.61 bits per heavy atom. The first-order valence-corrected chi connectivity index (χ1v) is 12.3. The molecule has 2 aliphatic rings. The molecule has 0 bridgehead atoms. The maximum atomic E-state index is 4.71. The molecule has 5 rings (SSSR count). The Kier molecular flexibility index (Phi) is 6.78. The summed E-state index contributed by atoms with van der Waals surface area (Å²) in [6.45, 7) is 4.01. The van der Waals surface area contributed by atoms with Crippen LogP contribution in [0.1, 0.15) is 60.3 Å². The largest absolute Gasteiger partial charge is 0.317 e. The van der Waals surface area contributed by atoms with Gasteiger partial charge in [0, 0.05) is 32.4 Å². The average molecular weight is 446 g/mol. The Morgan fingerprint density at radius 2 is 1.79 bits per heavy atom. The summed E-state index contributed by atoms with van der Waals surface area (Å²) in [5.41, 5.74) is 3.80. The van der Waals surface area contributed by atoms with Gasteiger partial charge in [-0.2, -0.15) is 0 Å². The number of pyridine rings is 2. The van der Waals surface area contributed by atoms with Crippen LogP contribution in [0, 0.1) is 5.92 Å². The number of nitrogens with zero attached hydrogens (tertiary/aromatic N) is 7. The molecule has 1 fully saturated rings. The van der Waals surface area contributed by atoms with Crippen LogP contribution in [0.15, 0.2) is 42.7 Å². The summed E-state index contributed by atoms with van der Waals surface area (Å²) < 4.78 is 2.22. The number of piperidine rings is 1. The Bertz CT molecular complexity index is 1040. The van der Waals surface area contributed by atoms with Crippen molar-refractivity contribution in [3.8, 4) is 0 Å². The molecular weight excluding hydrogens is 410 g/mol. The second-order valence-electron chi connectivity index (χ2n) is 9.71. The number of fused-ring (bicyclic) bond motifs is 1. The zero-order valence-corrected chi connectivity index (χ0v) is 19.9. The number of aryl methyl sites for hydroxylation is 1. The molecule has 7 nitrogen and oxygen atoms in total. The van der Waals surface area contributed by atoms with Crippen LogP contribution in [0.5, 0.6) is 0 Å². The first-order chi connectivity index (χ1) is 16.2. The standard InChI is InChI=1S/C26H35N7/c1-31(23-10-5-7-21-8-6-14-28-26(21)23)19-25-30-29-24(32(25)2)17-20-11-15-33(16-12-20)18-22-9-3-4-13-27-22/h3-4,6,8-9,13-14,20,23H,5,7,10-12,15-19H2,1-2H3. The van der Waals surface area contributed by atoms with Crippen LogP contribution in [0.4, 0.5) is 0 Å². The van der Waals surface area contributed by atoms with Crippen molar-refractivity contribution in [3.63, 3.8) is 0 Å². The second kappa shape index (κ2) is 10.1. The van der Waals surface area contributed by atoms with Crippen LogP contribution in [0.3, 0.4) is 0 Å². The summed E-state index contributed by atoms with van der Waals surface area (Å²) in [4.78, 5) is 14.1. The van der Waals surface area contributed by atoms with Gasteiger partial charge in [0.25, 0.3) is 0 Å². The molecule has 0 spiro atoms. The fourth-order valence-corrected chi connectivity index (χ4v) is 5.39. The van der Waals surface area contributed by atoms with E-state index in [-0.39, 0.29) is 0 Å². The maximum Gasteiger partial charge on any atom is 0.146 e. The predicted molar refractivity (Wildman–Crippen MR) is 128 cm³/mol. The predicted octanol–water partition coefficient (Wildman–Crippen LogP) is 3.57. The van der Waals surface area contributed by atoms with Gasteiger partial charge in [0.2, 0.25) is 0 Å². The van der Waals surface area contributed by atoms with Crippen LogP contribution in [-0.4, -0.2) is 54.7 Å². The van der Waals surface area contributed by atoms with Crippen LogP contribution >= 0.6 is 0 Å². The lowest BCUT2D eigenvalue weighted by Crippen LogP contribution is -2.34. The maximum absolute atomic E-state index is 4.71. The van der Waals surface area contributed by atoms with E-state index in [1.807, 2.05) is 18.5 Å². The van der Waals surface area contributed by atoms with Crippen molar-refractivity contribution in [2.75, 3.05) is 20.1 Å². The Morgan fingerprint density at radius 1 is 0.970 bits per heavy atom. The van der Waals surface area contributed by atoms with Gasteiger partial charge in [-0.3, -0.25) is 19.8 Å². The van der Waals surface area contributed by atoms with Crippen LogP contribution in [0.25, 0.3) is 0 Å². The molecule has 0 saturated carbocycles. The van der Waals surface area contributed by atoms with E-state index in [4.69, 9.17) is 4.98 Å². The number of likely N-dealkylation sites (tertiary alicyclic amines) is 1. The van der Waals surface area contributed by atoms with E-state index in [1.54, 1.807) is 0 Å². The average Bonchev–Trinajstić information content (AvgIpc) is 3.19. The van der Waals surface area contributed by atoms with Gasteiger partial charge in [-0.05, 0) is 81.9 Å². The minimum Gasteiger partial charge on any atom is -0.317 e. The first kappa shape index (κ1) is 22.2. The van der Waals surface area contributed by atoms with Gasteiger partial charge in [-0.25, -0.2) is 0 Å². The zero-order chi connectivity index (χ0) is 22.6. The fraction of sp³-hybridized carbons (Fsp3) is 0.538. The molecule has 0 radical (unpaired) electrons. The third kappa shape index (κ3) is 5.14. The van der Waals surface area contributed by atoms with E-state index < -0.39 is 0 Å². The van der Waals surface area contributed by atoms with E-state index >= 15 is 0 Å². The molecule has 1 unspecified atom stereocenters. The number of aromatic nitrogens is 5. The summed E-state index contributed by atoms with van der Waals surface area (Å²) in [5.74, 6) is 2.83. The minimum atomic E-state index is 0.360. The summed E-state index contributed by atoms with van der Waals surface area (Å²) in [7, 11) is 4.32. The number of hydrogen-bond acceptors (Lipinski definition) is 6. The van der Waals surface area contributed by atoms with Crippen molar-refractivity contribution in [1.29, 1.82) is 0 Å². The number of rotatable bonds is 7. The van der Waals surface area contributed by atoms with E-state index in [0.29, 0.717) is 12.0 Å². The topological polar surface area (TPSA) is 63.0 Å².